The summed E-state index contributed by atoms with van der Waals surface area (Å²) in [4.78, 5) is 15.1. The Morgan fingerprint density at radius 3 is 2.58 bits per heavy atom. The molecule has 0 aliphatic carbocycles. The average molecular weight is 388 g/mol. The van der Waals surface area contributed by atoms with E-state index in [4.69, 9.17) is 23.2 Å². The molecule has 2 aliphatic rings. The van der Waals surface area contributed by atoms with E-state index >= 15 is 0 Å². The molecule has 1 amide bonds. The zero-order chi connectivity index (χ0) is 18.1. The molecule has 0 aromatic heterocycles. The van der Waals surface area contributed by atoms with Gasteiger partial charge in [-0.1, -0.05) is 47.5 Å². The van der Waals surface area contributed by atoms with Crippen LogP contribution in [0.3, 0.4) is 0 Å². The Morgan fingerprint density at radius 2 is 1.81 bits per heavy atom. The lowest BCUT2D eigenvalue weighted by Gasteiger charge is -2.30. The molecule has 1 saturated heterocycles. The fraction of sp³-hybridized carbons (Fsp3) is 0.300. The lowest BCUT2D eigenvalue weighted by atomic mass is 9.95. The number of benzene rings is 2. The molecule has 0 bridgehead atoms. The van der Waals surface area contributed by atoms with Gasteiger partial charge < -0.3 is 0 Å². The average Bonchev–Trinajstić information content (AvgIpc) is 2.93. The number of piperidine rings is 1. The Morgan fingerprint density at radius 1 is 1.00 bits per heavy atom. The molecule has 2 aromatic rings. The highest BCUT2D eigenvalue weighted by atomic mass is 35.5. The largest absolute Gasteiger partial charge is 0.298 e. The van der Waals surface area contributed by atoms with Gasteiger partial charge >= 0.3 is 0 Å². The Hall–Kier alpha value is -1.88. The number of carbonyl (C=O) groups excluding carboxylic acids is 1. The predicted molar refractivity (Wildman–Crippen MR) is 104 cm³/mol. The van der Waals surface area contributed by atoms with Crippen molar-refractivity contribution in [1.29, 1.82) is 0 Å². The van der Waals surface area contributed by atoms with Crippen molar-refractivity contribution in [3.05, 3.63) is 69.7 Å². The number of nitrogens with zero attached hydrogens (tertiary/aromatic N) is 3. The van der Waals surface area contributed by atoms with Gasteiger partial charge in [0.2, 0.25) is 0 Å². The molecule has 4 rings (SSSR count). The van der Waals surface area contributed by atoms with Gasteiger partial charge in [-0.2, -0.15) is 5.10 Å². The maximum atomic E-state index is 12.8. The van der Waals surface area contributed by atoms with E-state index in [-0.39, 0.29) is 11.8 Å². The topological polar surface area (TPSA) is 35.9 Å². The second-order valence-corrected chi connectivity index (χ2v) is 7.65. The molecular formula is C20H19Cl2N3O. The predicted octanol–water partition coefficient (Wildman–Crippen LogP) is 4.21. The molecule has 4 nitrogen and oxygen atoms in total. The van der Waals surface area contributed by atoms with Crippen molar-refractivity contribution in [1.82, 2.24) is 9.91 Å². The molecule has 2 aromatic carbocycles. The molecule has 0 saturated carbocycles. The van der Waals surface area contributed by atoms with Crippen LogP contribution in [0.4, 0.5) is 0 Å². The first-order chi connectivity index (χ1) is 12.6. The van der Waals surface area contributed by atoms with Gasteiger partial charge in [0.1, 0.15) is 0 Å². The first-order valence-electron chi connectivity index (χ1n) is 8.68. The van der Waals surface area contributed by atoms with E-state index in [9.17, 15) is 4.79 Å². The minimum absolute atomic E-state index is 0.0887. The molecule has 26 heavy (non-hydrogen) atoms. The summed E-state index contributed by atoms with van der Waals surface area (Å²) < 4.78 is 0. The van der Waals surface area contributed by atoms with Crippen LogP contribution in [0.25, 0.3) is 0 Å². The van der Waals surface area contributed by atoms with Gasteiger partial charge in [-0.15, -0.1) is 0 Å². The van der Waals surface area contributed by atoms with Gasteiger partial charge in [0.25, 0.3) is 5.91 Å². The first kappa shape index (κ1) is 17.5. The minimum Gasteiger partial charge on any atom is -0.298 e. The highest BCUT2D eigenvalue weighted by molar-refractivity contribution is 6.30. The lowest BCUT2D eigenvalue weighted by Crippen LogP contribution is -2.42. The molecule has 1 atom stereocenters. The summed E-state index contributed by atoms with van der Waals surface area (Å²) in [6, 6.07) is 15.4. The van der Waals surface area contributed by atoms with Crippen molar-refractivity contribution >= 4 is 34.8 Å². The van der Waals surface area contributed by atoms with Gasteiger partial charge in [-0.05, 0) is 35.4 Å². The van der Waals surface area contributed by atoms with E-state index in [1.165, 1.54) is 5.56 Å². The van der Waals surface area contributed by atoms with Crippen LogP contribution in [0.1, 0.15) is 17.5 Å². The third-order valence-corrected chi connectivity index (χ3v) is 5.36. The smallest absolute Gasteiger partial charge is 0.253 e. The molecule has 0 spiro atoms. The number of halogens is 2. The third-order valence-electron chi connectivity index (χ3n) is 4.87. The van der Waals surface area contributed by atoms with E-state index in [0.717, 1.165) is 35.8 Å². The molecule has 0 N–H and O–H groups in total. The number of carbonyl (C=O) groups is 1. The van der Waals surface area contributed by atoms with Crippen LogP contribution in [-0.4, -0.2) is 34.6 Å². The Balaban J connectivity index is 1.41. The fourth-order valence-corrected chi connectivity index (χ4v) is 3.88. The van der Waals surface area contributed by atoms with Crippen molar-refractivity contribution in [2.24, 2.45) is 11.0 Å². The van der Waals surface area contributed by atoms with E-state index < -0.39 is 0 Å². The van der Waals surface area contributed by atoms with Crippen LogP contribution < -0.4 is 0 Å². The minimum atomic E-state index is -0.129. The normalized spacial score (nSPS) is 20.2. The molecule has 134 valence electrons. The van der Waals surface area contributed by atoms with Crippen LogP contribution in [0.5, 0.6) is 0 Å². The number of hydrogen-bond acceptors (Lipinski definition) is 3. The van der Waals surface area contributed by atoms with Crippen LogP contribution in [0, 0.1) is 5.92 Å². The Kier molecular flexibility index (Phi) is 4.98. The van der Waals surface area contributed by atoms with E-state index in [2.05, 4.69) is 16.1 Å². The SMILES string of the molecule is O=C1C2CN(Cc3cccc(Cl)c3)CCC2=NN1Cc1ccc(Cl)cc1. The van der Waals surface area contributed by atoms with E-state index in [0.29, 0.717) is 18.1 Å². The van der Waals surface area contributed by atoms with Gasteiger partial charge in [0, 0.05) is 36.1 Å². The second kappa shape index (κ2) is 7.39. The highest BCUT2D eigenvalue weighted by Gasteiger charge is 2.39. The fourth-order valence-electron chi connectivity index (χ4n) is 3.54. The van der Waals surface area contributed by atoms with Crippen LogP contribution in [0.2, 0.25) is 10.0 Å². The van der Waals surface area contributed by atoms with Crippen LogP contribution in [0.15, 0.2) is 53.6 Å². The number of fused-ring (bicyclic) bond motifs is 1. The van der Waals surface area contributed by atoms with Crippen molar-refractivity contribution < 1.29 is 4.79 Å². The third kappa shape index (κ3) is 3.78. The Labute approximate surface area is 163 Å². The summed E-state index contributed by atoms with van der Waals surface area (Å²) >= 11 is 12.0. The lowest BCUT2D eigenvalue weighted by molar-refractivity contribution is -0.133. The van der Waals surface area contributed by atoms with E-state index in [1.54, 1.807) is 5.01 Å². The maximum Gasteiger partial charge on any atom is 0.253 e. The quantitative estimate of drug-likeness (QED) is 0.787. The van der Waals surface area contributed by atoms with Crippen molar-refractivity contribution in [3.63, 3.8) is 0 Å². The molecule has 0 radical (unpaired) electrons. The molecule has 2 aliphatic heterocycles. The number of likely N-dealkylation sites (tertiary alicyclic amines) is 1. The monoisotopic (exact) mass is 387 g/mol. The van der Waals surface area contributed by atoms with Crippen LogP contribution >= 0.6 is 23.2 Å². The van der Waals surface area contributed by atoms with Crippen LogP contribution in [-0.2, 0) is 17.9 Å². The van der Waals surface area contributed by atoms with E-state index in [1.807, 2.05) is 42.5 Å². The van der Waals surface area contributed by atoms with Gasteiger partial charge in [0.05, 0.1) is 18.2 Å². The van der Waals surface area contributed by atoms with Gasteiger partial charge in [0.15, 0.2) is 0 Å². The summed E-state index contributed by atoms with van der Waals surface area (Å²) in [6.07, 6.45) is 0.827. The van der Waals surface area contributed by atoms with Crippen molar-refractivity contribution in [2.75, 3.05) is 13.1 Å². The number of rotatable bonds is 4. The zero-order valence-corrected chi connectivity index (χ0v) is 15.7. The standard InChI is InChI=1S/C20H19Cl2N3O/c21-16-6-4-14(5-7-16)12-25-20(26)18-13-24(9-8-19(18)23-25)11-15-2-1-3-17(22)10-15/h1-7,10,18H,8-9,11-13H2. The summed E-state index contributed by atoms with van der Waals surface area (Å²) in [5.74, 6) is -0.0408. The molecule has 1 unspecified atom stereocenters. The summed E-state index contributed by atoms with van der Waals surface area (Å²) in [5, 5.41) is 7.62. The summed E-state index contributed by atoms with van der Waals surface area (Å²) in [7, 11) is 0. The van der Waals surface area contributed by atoms with Crippen molar-refractivity contribution in [2.45, 2.75) is 19.5 Å². The van der Waals surface area contributed by atoms with Crippen molar-refractivity contribution in [3.8, 4) is 0 Å². The zero-order valence-electron chi connectivity index (χ0n) is 14.2. The summed E-state index contributed by atoms with van der Waals surface area (Å²) in [5.41, 5.74) is 3.20. The van der Waals surface area contributed by atoms with Gasteiger partial charge in [-0.25, -0.2) is 5.01 Å². The summed E-state index contributed by atoms with van der Waals surface area (Å²) in [6.45, 7) is 2.91. The molecule has 1 fully saturated rings. The van der Waals surface area contributed by atoms with Gasteiger partial charge in [-0.3, -0.25) is 9.69 Å². The first-order valence-corrected chi connectivity index (χ1v) is 9.44. The molecular weight excluding hydrogens is 369 g/mol. The molecule has 6 heteroatoms. The second-order valence-electron chi connectivity index (χ2n) is 6.78. The molecule has 2 heterocycles. The number of hydrazone groups is 1. The Bertz CT molecular complexity index is 850. The number of amides is 1. The number of hydrogen-bond donors (Lipinski definition) is 0. The maximum absolute atomic E-state index is 12.8. The highest BCUT2D eigenvalue weighted by Crippen LogP contribution is 2.26.